The van der Waals surface area contributed by atoms with E-state index in [9.17, 15) is 10.0 Å². The minimum absolute atomic E-state index is 0.133. The molecule has 5 unspecified atom stereocenters. The maximum Gasteiger partial charge on any atom is 0.331 e. The van der Waals surface area contributed by atoms with Crippen LogP contribution in [-0.2, 0) is 9.53 Å². The van der Waals surface area contributed by atoms with Gasteiger partial charge in [-0.1, -0.05) is 17.7 Å². The van der Waals surface area contributed by atoms with Crippen molar-refractivity contribution in [1.29, 1.82) is 0 Å². The van der Waals surface area contributed by atoms with E-state index in [2.05, 4.69) is 24.2 Å². The lowest BCUT2D eigenvalue weighted by atomic mass is 9.49. The Morgan fingerprint density at radius 1 is 1.22 bits per heavy atom. The molecule has 144 valence electrons. The maximum atomic E-state index is 12.0. The van der Waals surface area contributed by atoms with Crippen LogP contribution in [0.25, 0.3) is 0 Å². The lowest BCUT2D eigenvalue weighted by molar-refractivity contribution is -0.165. The zero-order chi connectivity index (χ0) is 18.4. The predicted octanol–water partition coefficient (Wildman–Crippen LogP) is 4.49. The molecule has 6 rings (SSSR count). The third-order valence-electron chi connectivity index (χ3n) is 9.54. The Balaban J connectivity index is 1.38. The summed E-state index contributed by atoms with van der Waals surface area (Å²) < 4.78 is 6.03. The van der Waals surface area contributed by atoms with E-state index in [1.165, 1.54) is 25.7 Å². The molecule has 0 amide bonds. The highest BCUT2D eigenvalue weighted by Gasteiger charge is 2.70. The van der Waals surface area contributed by atoms with Gasteiger partial charge in [0.2, 0.25) is 0 Å². The number of ether oxygens (including phenoxy) is 1. The number of carbonyl (C=O) groups excluding carboxylic acids is 1. The van der Waals surface area contributed by atoms with Crippen molar-refractivity contribution in [3.8, 4) is 0 Å². The average Bonchev–Trinajstić information content (AvgIpc) is 3.32. The van der Waals surface area contributed by atoms with Gasteiger partial charge >= 0.3 is 5.97 Å². The van der Waals surface area contributed by atoms with Crippen LogP contribution in [0.2, 0.25) is 0 Å². The van der Waals surface area contributed by atoms with Gasteiger partial charge in [0.25, 0.3) is 0 Å². The highest BCUT2D eigenvalue weighted by molar-refractivity contribution is 5.96. The first-order valence-electron chi connectivity index (χ1n) is 11.0. The van der Waals surface area contributed by atoms with Gasteiger partial charge in [0, 0.05) is 11.5 Å². The molecule has 1 spiro atoms. The molecule has 1 aliphatic heterocycles. The maximum absolute atomic E-state index is 12.0. The SMILES string of the molecule is CC[C@]12CCC3C(C4CC4C4=C/C(=N/O)CC[C@@H]43)C1CC[C@@]21C=CC(=O)O1. The molecule has 0 aromatic carbocycles. The highest BCUT2D eigenvalue weighted by atomic mass is 16.6. The summed E-state index contributed by atoms with van der Waals surface area (Å²) in [5, 5.41) is 12.7. The lowest BCUT2D eigenvalue weighted by Crippen LogP contribution is -2.54. The van der Waals surface area contributed by atoms with E-state index >= 15 is 0 Å². The zero-order valence-electron chi connectivity index (χ0n) is 16.1. The van der Waals surface area contributed by atoms with Gasteiger partial charge in [-0.25, -0.2) is 4.79 Å². The van der Waals surface area contributed by atoms with Gasteiger partial charge in [-0.05, 0) is 99.0 Å². The number of oxime groups is 1. The molecule has 4 fully saturated rings. The normalized spacial score (nSPS) is 53.4. The van der Waals surface area contributed by atoms with Crippen LogP contribution < -0.4 is 0 Å². The summed E-state index contributed by atoms with van der Waals surface area (Å²) in [7, 11) is 0. The summed E-state index contributed by atoms with van der Waals surface area (Å²) in [6.07, 6.45) is 15.2. The van der Waals surface area contributed by atoms with Gasteiger partial charge in [-0.3, -0.25) is 0 Å². The van der Waals surface area contributed by atoms with Gasteiger partial charge in [0.15, 0.2) is 0 Å². The van der Waals surface area contributed by atoms with Crippen molar-refractivity contribution in [2.45, 2.75) is 63.9 Å². The standard InChI is InChI=1S/C23H29NO3/c1-2-22-8-5-15-14-4-3-13(24-26)11-16(14)17-12-18(17)21(15)19(22)6-9-23(22)10-7-20(25)27-23/h7,10-11,14-15,17-19,21,26H,2-6,8-9,12H2,1H3/b24-13+/t14-,15?,17?,18?,19?,21?,22+,23-/m1/s1. The van der Waals surface area contributed by atoms with Gasteiger partial charge in [0.05, 0.1) is 5.71 Å². The third kappa shape index (κ3) is 1.90. The predicted molar refractivity (Wildman–Crippen MR) is 101 cm³/mol. The Morgan fingerprint density at radius 3 is 2.85 bits per heavy atom. The molecule has 27 heavy (non-hydrogen) atoms. The summed E-state index contributed by atoms with van der Waals surface area (Å²) in [4.78, 5) is 12.0. The monoisotopic (exact) mass is 367 g/mol. The van der Waals surface area contributed by atoms with Crippen molar-refractivity contribution in [1.82, 2.24) is 0 Å². The molecule has 4 heteroatoms. The second kappa shape index (κ2) is 5.27. The first-order valence-corrected chi connectivity index (χ1v) is 11.0. The number of allylic oxidation sites excluding steroid dienone is 2. The molecule has 5 aliphatic carbocycles. The summed E-state index contributed by atoms with van der Waals surface area (Å²) >= 11 is 0. The average molecular weight is 367 g/mol. The molecule has 1 N–H and O–H groups in total. The lowest BCUT2D eigenvalue weighted by Gasteiger charge is -2.56. The van der Waals surface area contributed by atoms with E-state index in [0.717, 1.165) is 55.1 Å². The number of carbonyl (C=O) groups is 1. The van der Waals surface area contributed by atoms with Crippen LogP contribution in [0, 0.1) is 40.9 Å². The summed E-state index contributed by atoms with van der Waals surface area (Å²) in [6, 6.07) is 0. The minimum Gasteiger partial charge on any atom is -0.451 e. The molecule has 6 aliphatic rings. The van der Waals surface area contributed by atoms with Crippen molar-refractivity contribution in [3.05, 3.63) is 23.8 Å². The van der Waals surface area contributed by atoms with Crippen LogP contribution in [0.4, 0.5) is 0 Å². The van der Waals surface area contributed by atoms with E-state index in [1.807, 2.05) is 0 Å². The molecule has 0 bridgehead atoms. The van der Waals surface area contributed by atoms with Gasteiger partial charge in [-0.15, -0.1) is 0 Å². The fraction of sp³-hybridized carbons (Fsp3) is 0.739. The fourth-order valence-corrected chi connectivity index (χ4v) is 8.54. The van der Waals surface area contributed by atoms with Crippen LogP contribution in [0.15, 0.2) is 29.0 Å². The van der Waals surface area contributed by atoms with E-state index < -0.39 is 0 Å². The second-order valence-corrected chi connectivity index (χ2v) is 9.97. The molecule has 1 heterocycles. The molecular weight excluding hydrogens is 338 g/mol. The first kappa shape index (κ1) is 16.4. The smallest absolute Gasteiger partial charge is 0.331 e. The van der Waals surface area contributed by atoms with Crippen LogP contribution in [0.5, 0.6) is 0 Å². The quantitative estimate of drug-likeness (QED) is 0.422. The van der Waals surface area contributed by atoms with E-state index in [-0.39, 0.29) is 17.0 Å². The summed E-state index contributed by atoms with van der Waals surface area (Å²) in [6.45, 7) is 2.32. The van der Waals surface area contributed by atoms with Crippen LogP contribution in [0.3, 0.4) is 0 Å². The Kier molecular flexibility index (Phi) is 3.20. The third-order valence-corrected chi connectivity index (χ3v) is 9.54. The zero-order valence-corrected chi connectivity index (χ0v) is 16.1. The Bertz CT molecular complexity index is 797. The fourth-order valence-electron chi connectivity index (χ4n) is 8.54. The first-order chi connectivity index (χ1) is 13.1. The largest absolute Gasteiger partial charge is 0.451 e. The topological polar surface area (TPSA) is 58.9 Å². The second-order valence-electron chi connectivity index (χ2n) is 9.97. The van der Waals surface area contributed by atoms with Crippen molar-refractivity contribution < 1.29 is 14.7 Å². The summed E-state index contributed by atoms with van der Waals surface area (Å²) in [5.74, 6) is 4.36. The molecule has 4 saturated carbocycles. The molecular formula is C23H29NO3. The van der Waals surface area contributed by atoms with Gasteiger partial charge < -0.3 is 9.94 Å². The van der Waals surface area contributed by atoms with Crippen LogP contribution in [0.1, 0.15) is 58.3 Å². The number of hydrogen-bond donors (Lipinski definition) is 1. The minimum atomic E-state index is -0.321. The van der Waals surface area contributed by atoms with E-state index in [1.54, 1.807) is 11.6 Å². The molecule has 8 atom stereocenters. The molecule has 0 saturated heterocycles. The molecule has 4 nitrogen and oxygen atoms in total. The molecule has 0 radical (unpaired) electrons. The van der Waals surface area contributed by atoms with E-state index in [4.69, 9.17) is 4.74 Å². The number of esters is 1. The van der Waals surface area contributed by atoms with Gasteiger partial charge in [0.1, 0.15) is 5.60 Å². The van der Waals surface area contributed by atoms with Crippen molar-refractivity contribution in [2.75, 3.05) is 0 Å². The van der Waals surface area contributed by atoms with Crippen molar-refractivity contribution in [2.24, 2.45) is 46.1 Å². The van der Waals surface area contributed by atoms with E-state index in [0.29, 0.717) is 11.8 Å². The Labute approximate surface area is 160 Å². The highest BCUT2D eigenvalue weighted by Crippen LogP contribution is 2.73. The number of rotatable bonds is 1. The van der Waals surface area contributed by atoms with Gasteiger partial charge in [-0.2, -0.15) is 0 Å². The Hall–Kier alpha value is -1.58. The Morgan fingerprint density at radius 2 is 2.11 bits per heavy atom. The number of nitrogens with zero attached hydrogens (tertiary/aromatic N) is 1. The summed E-state index contributed by atoms with van der Waals surface area (Å²) in [5.41, 5.74) is 2.31. The van der Waals surface area contributed by atoms with Crippen molar-refractivity contribution in [3.63, 3.8) is 0 Å². The molecule has 0 aromatic heterocycles. The number of hydrogen-bond acceptors (Lipinski definition) is 4. The number of fused-ring (bicyclic) bond motifs is 9. The van der Waals surface area contributed by atoms with Crippen LogP contribution in [-0.4, -0.2) is 22.5 Å². The van der Waals surface area contributed by atoms with Crippen LogP contribution >= 0.6 is 0 Å². The van der Waals surface area contributed by atoms with Crippen molar-refractivity contribution >= 4 is 11.7 Å². The molecule has 0 aromatic rings.